The average Bonchev–Trinajstić information content (AvgIpc) is 2.48. The zero-order valence-corrected chi connectivity index (χ0v) is 11.3. The van der Waals surface area contributed by atoms with Gasteiger partial charge in [0.15, 0.2) is 6.61 Å². The van der Waals surface area contributed by atoms with E-state index in [-0.39, 0.29) is 19.1 Å². The van der Waals surface area contributed by atoms with Crippen LogP contribution in [0.5, 0.6) is 5.75 Å². The van der Waals surface area contributed by atoms with E-state index in [4.69, 9.17) is 4.74 Å². The van der Waals surface area contributed by atoms with Crippen molar-refractivity contribution in [1.82, 2.24) is 5.32 Å². The first-order chi connectivity index (χ1) is 10.1. The Balaban J connectivity index is 1.72. The first kappa shape index (κ1) is 15.0. The second-order valence-corrected chi connectivity index (χ2v) is 4.44. The van der Waals surface area contributed by atoms with Crippen molar-refractivity contribution in [1.29, 1.82) is 0 Å². The Labute approximate surface area is 121 Å². The van der Waals surface area contributed by atoms with Crippen LogP contribution in [0.1, 0.15) is 5.56 Å². The summed E-state index contributed by atoms with van der Waals surface area (Å²) in [5, 5.41) is 2.62. The van der Waals surface area contributed by atoms with Crippen LogP contribution < -0.4 is 10.1 Å². The van der Waals surface area contributed by atoms with Crippen molar-refractivity contribution < 1.29 is 18.3 Å². The molecule has 0 saturated heterocycles. The topological polar surface area (TPSA) is 38.3 Å². The number of hydrogen-bond donors (Lipinski definition) is 1. The molecule has 0 bridgehead atoms. The number of benzene rings is 2. The predicted octanol–water partition coefficient (Wildman–Crippen LogP) is 2.70. The second kappa shape index (κ2) is 7.38. The second-order valence-electron chi connectivity index (χ2n) is 4.44. The van der Waals surface area contributed by atoms with Crippen molar-refractivity contribution in [3.63, 3.8) is 0 Å². The summed E-state index contributed by atoms with van der Waals surface area (Å²) in [7, 11) is 0. The van der Waals surface area contributed by atoms with Gasteiger partial charge >= 0.3 is 0 Å². The molecule has 3 nitrogen and oxygen atoms in total. The fourth-order valence-corrected chi connectivity index (χ4v) is 1.78. The summed E-state index contributed by atoms with van der Waals surface area (Å²) >= 11 is 0. The van der Waals surface area contributed by atoms with Gasteiger partial charge in [0.25, 0.3) is 5.91 Å². The maximum absolute atomic E-state index is 13.4. The summed E-state index contributed by atoms with van der Waals surface area (Å²) in [4.78, 5) is 11.6. The molecule has 0 unspecified atom stereocenters. The zero-order valence-electron chi connectivity index (χ0n) is 11.3. The van der Waals surface area contributed by atoms with Gasteiger partial charge in [-0.2, -0.15) is 0 Å². The molecule has 0 atom stereocenters. The summed E-state index contributed by atoms with van der Waals surface area (Å²) in [6.45, 7) is 0.162. The molecule has 21 heavy (non-hydrogen) atoms. The van der Waals surface area contributed by atoms with Crippen LogP contribution >= 0.6 is 0 Å². The van der Waals surface area contributed by atoms with Crippen molar-refractivity contribution in [2.75, 3.05) is 13.2 Å². The van der Waals surface area contributed by atoms with Gasteiger partial charge in [0, 0.05) is 12.6 Å². The van der Waals surface area contributed by atoms with E-state index in [1.807, 2.05) is 18.2 Å². The molecular weight excluding hydrogens is 276 g/mol. The maximum Gasteiger partial charge on any atom is 0.257 e. The fourth-order valence-electron chi connectivity index (χ4n) is 1.78. The lowest BCUT2D eigenvalue weighted by Gasteiger charge is -2.08. The van der Waals surface area contributed by atoms with Crippen LogP contribution in [0, 0.1) is 11.6 Å². The van der Waals surface area contributed by atoms with E-state index in [2.05, 4.69) is 5.32 Å². The third-order valence-corrected chi connectivity index (χ3v) is 2.84. The molecule has 0 spiro atoms. The lowest BCUT2D eigenvalue weighted by Crippen LogP contribution is -2.30. The highest BCUT2D eigenvalue weighted by Gasteiger charge is 2.05. The van der Waals surface area contributed by atoms with Crippen LogP contribution in [0.4, 0.5) is 8.78 Å². The van der Waals surface area contributed by atoms with E-state index >= 15 is 0 Å². The van der Waals surface area contributed by atoms with E-state index in [1.54, 1.807) is 12.1 Å². The number of rotatable bonds is 6. The van der Waals surface area contributed by atoms with Crippen LogP contribution in [-0.2, 0) is 11.2 Å². The van der Waals surface area contributed by atoms with Crippen molar-refractivity contribution in [3.8, 4) is 5.75 Å². The van der Waals surface area contributed by atoms with Crippen molar-refractivity contribution in [2.45, 2.75) is 6.42 Å². The molecule has 0 saturated carbocycles. The van der Waals surface area contributed by atoms with Gasteiger partial charge in [0.2, 0.25) is 0 Å². The Morgan fingerprint density at radius 2 is 1.86 bits per heavy atom. The summed E-state index contributed by atoms with van der Waals surface area (Å²) in [6.07, 6.45) is 0.295. The van der Waals surface area contributed by atoms with E-state index in [0.29, 0.717) is 17.7 Å². The molecule has 0 aliphatic rings. The number of amides is 1. The number of nitrogens with one attached hydrogen (secondary N) is 1. The minimum Gasteiger partial charge on any atom is -0.484 e. The maximum atomic E-state index is 13.4. The highest BCUT2D eigenvalue weighted by Crippen LogP contribution is 2.10. The van der Waals surface area contributed by atoms with Gasteiger partial charge in [-0.05, 0) is 30.2 Å². The molecule has 110 valence electrons. The summed E-state index contributed by atoms with van der Waals surface area (Å²) in [6, 6.07) is 12.4. The van der Waals surface area contributed by atoms with E-state index < -0.39 is 11.6 Å². The molecule has 2 aromatic rings. The lowest BCUT2D eigenvalue weighted by atomic mass is 10.1. The minimum atomic E-state index is -0.614. The monoisotopic (exact) mass is 291 g/mol. The van der Waals surface area contributed by atoms with Gasteiger partial charge in [0.1, 0.15) is 17.4 Å². The first-order valence-electron chi connectivity index (χ1n) is 6.53. The minimum absolute atomic E-state index is 0.101. The molecule has 0 radical (unpaired) electrons. The first-order valence-corrected chi connectivity index (χ1v) is 6.53. The van der Waals surface area contributed by atoms with Crippen LogP contribution in [0.25, 0.3) is 0 Å². The van der Waals surface area contributed by atoms with Crippen molar-refractivity contribution >= 4 is 5.91 Å². The molecule has 0 aliphatic heterocycles. The Kier molecular flexibility index (Phi) is 5.26. The molecule has 2 rings (SSSR count). The molecule has 0 aliphatic carbocycles. The highest BCUT2D eigenvalue weighted by molar-refractivity contribution is 5.77. The van der Waals surface area contributed by atoms with Crippen molar-refractivity contribution in [3.05, 3.63) is 65.7 Å². The smallest absolute Gasteiger partial charge is 0.257 e. The number of para-hydroxylation sites is 1. The normalized spacial score (nSPS) is 10.2. The van der Waals surface area contributed by atoms with Crippen LogP contribution in [0.15, 0.2) is 48.5 Å². The summed E-state index contributed by atoms with van der Waals surface area (Å²) in [5.41, 5.74) is 0.362. The molecule has 1 amide bonds. The highest BCUT2D eigenvalue weighted by atomic mass is 19.1. The fraction of sp³-hybridized carbons (Fsp3) is 0.188. The molecule has 0 fully saturated rings. The van der Waals surface area contributed by atoms with Gasteiger partial charge in [-0.3, -0.25) is 4.79 Å². The SMILES string of the molecule is O=C(COc1ccccc1)NCCc1ccc(F)cc1F. The largest absolute Gasteiger partial charge is 0.484 e. The lowest BCUT2D eigenvalue weighted by molar-refractivity contribution is -0.123. The predicted molar refractivity (Wildman–Crippen MR) is 75.0 cm³/mol. The third-order valence-electron chi connectivity index (χ3n) is 2.84. The zero-order chi connectivity index (χ0) is 15.1. The van der Waals surface area contributed by atoms with E-state index in [0.717, 1.165) is 6.07 Å². The molecule has 2 aromatic carbocycles. The van der Waals surface area contributed by atoms with Crippen LogP contribution in [0.2, 0.25) is 0 Å². The van der Waals surface area contributed by atoms with Crippen LogP contribution in [-0.4, -0.2) is 19.1 Å². The molecule has 0 heterocycles. The number of carbonyl (C=O) groups excluding carboxylic acids is 1. The Morgan fingerprint density at radius 1 is 1.10 bits per heavy atom. The van der Waals surface area contributed by atoms with Gasteiger partial charge in [-0.15, -0.1) is 0 Å². The van der Waals surface area contributed by atoms with Gasteiger partial charge < -0.3 is 10.1 Å². The molecule has 1 N–H and O–H groups in total. The standard InChI is InChI=1S/C16H15F2NO2/c17-13-7-6-12(15(18)10-13)8-9-19-16(20)11-21-14-4-2-1-3-5-14/h1-7,10H,8-9,11H2,(H,19,20). The summed E-state index contributed by atoms with van der Waals surface area (Å²) < 4.78 is 31.4. The number of halogens is 2. The molecular formula is C16H15F2NO2. The quantitative estimate of drug-likeness (QED) is 0.888. The number of hydrogen-bond acceptors (Lipinski definition) is 2. The Hall–Kier alpha value is -2.43. The van der Waals surface area contributed by atoms with Gasteiger partial charge in [-0.1, -0.05) is 24.3 Å². The number of carbonyl (C=O) groups is 1. The molecule has 0 aromatic heterocycles. The molecule has 5 heteroatoms. The van der Waals surface area contributed by atoms with Crippen LogP contribution in [0.3, 0.4) is 0 Å². The number of ether oxygens (including phenoxy) is 1. The third kappa shape index (κ3) is 4.87. The van der Waals surface area contributed by atoms with Crippen molar-refractivity contribution in [2.24, 2.45) is 0 Å². The van der Waals surface area contributed by atoms with Gasteiger partial charge in [-0.25, -0.2) is 8.78 Å². The summed E-state index contributed by atoms with van der Waals surface area (Å²) in [5.74, 6) is -0.903. The Bertz CT molecular complexity index is 602. The Morgan fingerprint density at radius 3 is 2.57 bits per heavy atom. The van der Waals surface area contributed by atoms with E-state index in [9.17, 15) is 13.6 Å². The van der Waals surface area contributed by atoms with E-state index in [1.165, 1.54) is 12.1 Å². The average molecular weight is 291 g/mol. The van der Waals surface area contributed by atoms with Gasteiger partial charge in [0.05, 0.1) is 0 Å².